The number of nitrogens with one attached hydrogen (secondary N) is 1. The molecule has 2 aromatic heterocycles. The number of aromatic nitrogens is 4. The molecular formula is C18H20N6S. The van der Waals surface area contributed by atoms with Gasteiger partial charge >= 0.3 is 0 Å². The Labute approximate surface area is 151 Å². The van der Waals surface area contributed by atoms with Crippen LogP contribution < -0.4 is 5.32 Å². The highest BCUT2D eigenvalue weighted by atomic mass is 32.1. The van der Waals surface area contributed by atoms with Crippen LogP contribution in [0.3, 0.4) is 0 Å². The fourth-order valence-electron chi connectivity index (χ4n) is 3.29. The maximum atomic E-state index is 4.76. The second-order valence-corrected chi connectivity index (χ2v) is 6.96. The van der Waals surface area contributed by atoms with Crippen molar-refractivity contribution >= 4 is 22.3 Å². The predicted molar refractivity (Wildman–Crippen MR) is 98.9 cm³/mol. The first-order valence-corrected chi connectivity index (χ1v) is 9.39. The third-order valence-electron chi connectivity index (χ3n) is 4.48. The van der Waals surface area contributed by atoms with E-state index in [0.717, 1.165) is 42.6 Å². The molecule has 3 aromatic rings. The van der Waals surface area contributed by atoms with Crippen molar-refractivity contribution in [1.82, 2.24) is 25.1 Å². The van der Waals surface area contributed by atoms with Crippen LogP contribution in [0.4, 0.5) is 10.9 Å². The Kier molecular flexibility index (Phi) is 4.94. The van der Waals surface area contributed by atoms with E-state index in [-0.39, 0.29) is 0 Å². The summed E-state index contributed by atoms with van der Waals surface area (Å²) in [7, 11) is 0. The van der Waals surface area contributed by atoms with Crippen molar-refractivity contribution in [3.05, 3.63) is 59.5 Å². The molecule has 128 valence electrons. The van der Waals surface area contributed by atoms with Crippen molar-refractivity contribution in [3.63, 3.8) is 0 Å². The van der Waals surface area contributed by atoms with Gasteiger partial charge in [-0.3, -0.25) is 9.88 Å². The number of hydrogen-bond acceptors (Lipinski definition) is 7. The van der Waals surface area contributed by atoms with E-state index in [1.807, 2.05) is 6.20 Å². The van der Waals surface area contributed by atoms with Gasteiger partial charge < -0.3 is 5.32 Å². The van der Waals surface area contributed by atoms with Gasteiger partial charge in [-0.1, -0.05) is 41.7 Å². The maximum Gasteiger partial charge on any atom is 0.211 e. The van der Waals surface area contributed by atoms with Crippen LogP contribution in [0, 0.1) is 0 Å². The minimum atomic E-state index is 0.340. The van der Waals surface area contributed by atoms with E-state index in [0.29, 0.717) is 6.04 Å². The second-order valence-electron chi connectivity index (χ2n) is 6.13. The van der Waals surface area contributed by atoms with E-state index in [9.17, 15) is 0 Å². The molecule has 0 amide bonds. The van der Waals surface area contributed by atoms with Crippen molar-refractivity contribution in [1.29, 1.82) is 0 Å². The normalized spacial score (nSPS) is 17.7. The van der Waals surface area contributed by atoms with Crippen molar-refractivity contribution in [2.24, 2.45) is 0 Å². The van der Waals surface area contributed by atoms with Crippen molar-refractivity contribution in [2.75, 3.05) is 18.4 Å². The van der Waals surface area contributed by atoms with Gasteiger partial charge in [0, 0.05) is 6.54 Å². The van der Waals surface area contributed by atoms with Crippen LogP contribution in [-0.4, -0.2) is 38.2 Å². The lowest BCUT2D eigenvalue weighted by Crippen LogP contribution is -2.26. The molecule has 1 aliphatic rings. The summed E-state index contributed by atoms with van der Waals surface area (Å²) in [5.74, 6) is 0.726. The summed E-state index contributed by atoms with van der Waals surface area (Å²) in [5.41, 5.74) is 4.10. The molecule has 7 heteroatoms. The highest BCUT2D eigenvalue weighted by Gasteiger charge is 2.27. The number of hydrogen-bond donors (Lipinski definition) is 1. The molecule has 1 N–H and O–H groups in total. The van der Waals surface area contributed by atoms with Gasteiger partial charge in [-0.05, 0) is 31.4 Å². The lowest BCUT2D eigenvalue weighted by Gasteiger charge is -2.24. The van der Waals surface area contributed by atoms with Crippen LogP contribution in [0.25, 0.3) is 0 Å². The number of nitrogens with zero attached hydrogens (tertiary/aromatic N) is 5. The molecule has 0 unspecified atom stereocenters. The number of rotatable bonds is 6. The zero-order chi connectivity index (χ0) is 16.9. The molecule has 6 nitrogen and oxygen atoms in total. The molecule has 1 saturated heterocycles. The highest BCUT2D eigenvalue weighted by Crippen LogP contribution is 2.31. The molecule has 1 aromatic carbocycles. The van der Waals surface area contributed by atoms with Crippen LogP contribution in [0.15, 0.2) is 48.2 Å². The summed E-state index contributed by atoms with van der Waals surface area (Å²) in [6, 6.07) is 11.0. The Morgan fingerprint density at radius 1 is 1.20 bits per heavy atom. The molecule has 0 aliphatic carbocycles. The molecule has 0 bridgehead atoms. The number of anilines is 2. The van der Waals surface area contributed by atoms with Gasteiger partial charge in [-0.2, -0.15) is 0 Å². The van der Waals surface area contributed by atoms with Crippen molar-refractivity contribution in [3.8, 4) is 0 Å². The first-order chi connectivity index (χ1) is 12.4. The molecule has 1 aliphatic heterocycles. The van der Waals surface area contributed by atoms with Gasteiger partial charge in [-0.25, -0.2) is 4.98 Å². The van der Waals surface area contributed by atoms with E-state index in [2.05, 4.69) is 55.7 Å². The molecule has 1 fully saturated rings. The molecule has 0 spiro atoms. The molecule has 3 heterocycles. The third-order valence-corrected chi connectivity index (χ3v) is 5.09. The Balaban J connectivity index is 1.44. The minimum Gasteiger partial charge on any atom is -0.313 e. The van der Waals surface area contributed by atoms with Gasteiger partial charge in [0.05, 0.1) is 24.1 Å². The van der Waals surface area contributed by atoms with E-state index in [1.54, 1.807) is 11.7 Å². The molecule has 1 atom stereocenters. The zero-order valence-corrected chi connectivity index (χ0v) is 14.7. The summed E-state index contributed by atoms with van der Waals surface area (Å²) in [6.45, 7) is 2.16. The van der Waals surface area contributed by atoms with Crippen molar-refractivity contribution in [2.45, 2.75) is 25.3 Å². The zero-order valence-electron chi connectivity index (χ0n) is 13.9. The monoisotopic (exact) mass is 352 g/mol. The van der Waals surface area contributed by atoms with Gasteiger partial charge in [0.2, 0.25) is 5.13 Å². The summed E-state index contributed by atoms with van der Waals surface area (Å²) in [6.07, 6.45) is 7.01. The van der Waals surface area contributed by atoms with Crippen LogP contribution >= 0.6 is 11.3 Å². The van der Waals surface area contributed by atoms with Gasteiger partial charge in [0.1, 0.15) is 5.51 Å². The number of likely N-dealkylation sites (tertiary alicyclic amines) is 1. The Morgan fingerprint density at radius 3 is 2.96 bits per heavy atom. The molecular weight excluding hydrogens is 332 g/mol. The molecule has 0 radical (unpaired) electrons. The first-order valence-electron chi connectivity index (χ1n) is 8.51. The van der Waals surface area contributed by atoms with Gasteiger partial charge in [-0.15, -0.1) is 10.2 Å². The van der Waals surface area contributed by atoms with Crippen LogP contribution in [0.1, 0.15) is 30.1 Å². The topological polar surface area (TPSA) is 66.8 Å². The summed E-state index contributed by atoms with van der Waals surface area (Å²) < 4.78 is 0. The van der Waals surface area contributed by atoms with Crippen LogP contribution in [-0.2, 0) is 6.42 Å². The fraction of sp³-hybridized carbons (Fsp3) is 0.333. The fourth-order valence-corrected chi connectivity index (χ4v) is 3.74. The lowest BCUT2D eigenvalue weighted by molar-refractivity contribution is 0.256. The summed E-state index contributed by atoms with van der Waals surface area (Å²) in [5, 5.41) is 11.7. The maximum absolute atomic E-state index is 4.76. The SMILES string of the molecule is c1ccc(CCN2CCC[C@@H]2c2cncc(Nc3nncs3)n2)cc1. The van der Waals surface area contributed by atoms with E-state index >= 15 is 0 Å². The highest BCUT2D eigenvalue weighted by molar-refractivity contribution is 7.13. The lowest BCUT2D eigenvalue weighted by atomic mass is 10.1. The molecule has 0 saturated carbocycles. The largest absolute Gasteiger partial charge is 0.313 e. The summed E-state index contributed by atoms with van der Waals surface area (Å²) in [4.78, 5) is 11.6. The standard InChI is InChI=1S/C18H20N6S/c1-2-5-14(6-3-1)8-10-24-9-4-7-16(24)15-11-19-12-17(21-15)22-18-23-20-13-25-18/h1-3,5-6,11-13,16H,4,7-10H2,(H,21,22,23)/t16-/m1/s1. The van der Waals surface area contributed by atoms with Crippen LogP contribution in [0.5, 0.6) is 0 Å². The van der Waals surface area contributed by atoms with E-state index in [1.165, 1.54) is 23.3 Å². The van der Waals surface area contributed by atoms with Gasteiger partial charge in [0.15, 0.2) is 5.82 Å². The average molecular weight is 352 g/mol. The Morgan fingerprint density at radius 2 is 2.12 bits per heavy atom. The quantitative estimate of drug-likeness (QED) is 0.733. The van der Waals surface area contributed by atoms with E-state index < -0.39 is 0 Å². The van der Waals surface area contributed by atoms with E-state index in [4.69, 9.17) is 4.98 Å². The van der Waals surface area contributed by atoms with Gasteiger partial charge in [0.25, 0.3) is 0 Å². The minimum absolute atomic E-state index is 0.340. The predicted octanol–water partition coefficient (Wildman–Crippen LogP) is 3.45. The third kappa shape index (κ3) is 4.00. The average Bonchev–Trinajstić information content (AvgIpc) is 3.33. The summed E-state index contributed by atoms with van der Waals surface area (Å²) >= 11 is 1.45. The Bertz CT molecular complexity index is 792. The molecule has 4 rings (SSSR count). The smallest absolute Gasteiger partial charge is 0.211 e. The second kappa shape index (κ2) is 7.67. The number of benzene rings is 1. The van der Waals surface area contributed by atoms with Crippen molar-refractivity contribution < 1.29 is 0 Å². The Hall–Kier alpha value is -2.38. The van der Waals surface area contributed by atoms with Crippen LogP contribution in [0.2, 0.25) is 0 Å². The molecule has 25 heavy (non-hydrogen) atoms. The first kappa shape index (κ1) is 16.1.